The van der Waals surface area contributed by atoms with Crippen LogP contribution in [0.3, 0.4) is 0 Å². The average molecular weight is 369 g/mol. The summed E-state index contributed by atoms with van der Waals surface area (Å²) < 4.78 is 5.10. The fraction of sp³-hybridized carbons (Fsp3) is 0.211. The Balaban J connectivity index is 1.59. The minimum atomic E-state index is -0.488. The van der Waals surface area contributed by atoms with Crippen molar-refractivity contribution in [3.05, 3.63) is 54.1 Å². The number of nitrogens with zero attached hydrogens (tertiary/aromatic N) is 1. The van der Waals surface area contributed by atoms with E-state index in [-0.39, 0.29) is 18.2 Å². The summed E-state index contributed by atoms with van der Waals surface area (Å²) in [7, 11) is 1.60. The van der Waals surface area contributed by atoms with Gasteiger partial charge in [0.15, 0.2) is 5.17 Å². The van der Waals surface area contributed by atoms with Gasteiger partial charge in [0.1, 0.15) is 11.0 Å². The van der Waals surface area contributed by atoms with E-state index in [0.717, 1.165) is 17.0 Å². The number of carbonyl (C=O) groups is 2. The summed E-state index contributed by atoms with van der Waals surface area (Å²) in [6.45, 7) is 1.98. The fourth-order valence-electron chi connectivity index (χ4n) is 2.38. The maximum absolute atomic E-state index is 12.2. The third-order valence-electron chi connectivity index (χ3n) is 3.79. The number of aryl methyl sites for hydroxylation is 1. The average Bonchev–Trinajstić information content (AvgIpc) is 2.96. The van der Waals surface area contributed by atoms with Gasteiger partial charge in [-0.25, -0.2) is 4.99 Å². The first kappa shape index (κ1) is 18.0. The number of carbonyl (C=O) groups excluding carboxylic acids is 2. The predicted molar refractivity (Wildman–Crippen MR) is 104 cm³/mol. The fourth-order valence-corrected chi connectivity index (χ4v) is 3.37. The Hall–Kier alpha value is -2.80. The van der Waals surface area contributed by atoms with Crippen LogP contribution in [-0.4, -0.2) is 29.3 Å². The van der Waals surface area contributed by atoms with Crippen molar-refractivity contribution in [1.29, 1.82) is 0 Å². The number of amides is 2. The molecule has 2 aromatic carbocycles. The highest BCUT2D eigenvalue weighted by Crippen LogP contribution is 2.26. The molecule has 0 aliphatic carbocycles. The van der Waals surface area contributed by atoms with Gasteiger partial charge < -0.3 is 15.4 Å². The molecule has 26 heavy (non-hydrogen) atoms. The largest absolute Gasteiger partial charge is 0.497 e. The van der Waals surface area contributed by atoms with E-state index >= 15 is 0 Å². The second-order valence-corrected chi connectivity index (χ2v) is 7.02. The van der Waals surface area contributed by atoms with Gasteiger partial charge in [-0.3, -0.25) is 9.59 Å². The van der Waals surface area contributed by atoms with Crippen LogP contribution in [0.5, 0.6) is 5.75 Å². The van der Waals surface area contributed by atoms with Crippen molar-refractivity contribution >= 4 is 40.1 Å². The number of benzene rings is 2. The normalized spacial score (nSPS) is 17.8. The van der Waals surface area contributed by atoms with E-state index in [0.29, 0.717) is 10.9 Å². The Morgan fingerprint density at radius 3 is 2.54 bits per heavy atom. The molecule has 1 fully saturated rings. The summed E-state index contributed by atoms with van der Waals surface area (Å²) >= 11 is 1.26. The molecule has 1 aliphatic rings. The molecule has 6 nitrogen and oxygen atoms in total. The Morgan fingerprint density at radius 1 is 1.19 bits per heavy atom. The lowest BCUT2D eigenvalue weighted by atomic mass is 10.2. The third kappa shape index (κ3) is 4.64. The van der Waals surface area contributed by atoms with E-state index in [9.17, 15) is 9.59 Å². The van der Waals surface area contributed by atoms with Crippen molar-refractivity contribution in [1.82, 2.24) is 5.32 Å². The van der Waals surface area contributed by atoms with Crippen LogP contribution in [-0.2, 0) is 9.59 Å². The van der Waals surface area contributed by atoms with Gasteiger partial charge in [0.2, 0.25) is 11.8 Å². The Kier molecular flexibility index (Phi) is 5.58. The minimum Gasteiger partial charge on any atom is -0.497 e. The summed E-state index contributed by atoms with van der Waals surface area (Å²) in [5, 5.41) is 5.53. The first-order valence-electron chi connectivity index (χ1n) is 8.10. The van der Waals surface area contributed by atoms with Gasteiger partial charge in [-0.1, -0.05) is 29.5 Å². The van der Waals surface area contributed by atoms with Gasteiger partial charge in [0.25, 0.3) is 0 Å². The standard InChI is InChI=1S/C19H19N3O3S/c1-12-3-5-13(6-4-12)20-17(23)11-16-18(24)22-19(26-16)21-14-7-9-15(25-2)10-8-14/h3-10,16H,11H2,1-2H3,(H,20,23)(H,21,22,24). The second-order valence-electron chi connectivity index (χ2n) is 5.83. The quantitative estimate of drug-likeness (QED) is 0.848. The molecule has 0 saturated carbocycles. The monoisotopic (exact) mass is 369 g/mol. The van der Waals surface area contributed by atoms with Crippen LogP contribution in [0.1, 0.15) is 12.0 Å². The molecule has 1 unspecified atom stereocenters. The lowest BCUT2D eigenvalue weighted by Crippen LogP contribution is -2.28. The molecule has 2 amide bonds. The topological polar surface area (TPSA) is 79.8 Å². The maximum atomic E-state index is 12.2. The molecule has 1 saturated heterocycles. The number of aliphatic imine (C=N–C) groups is 1. The Labute approximate surface area is 156 Å². The second kappa shape index (κ2) is 8.05. The molecular formula is C19H19N3O3S. The van der Waals surface area contributed by atoms with E-state index in [1.54, 1.807) is 31.4 Å². The zero-order valence-electron chi connectivity index (χ0n) is 14.5. The number of nitrogens with one attached hydrogen (secondary N) is 2. The zero-order chi connectivity index (χ0) is 18.5. The molecule has 1 aliphatic heterocycles. The SMILES string of the molecule is COc1ccc(N=C2NC(=O)C(CC(=O)Nc3ccc(C)cc3)S2)cc1. The van der Waals surface area contributed by atoms with E-state index < -0.39 is 5.25 Å². The van der Waals surface area contributed by atoms with Crippen LogP contribution in [0.4, 0.5) is 11.4 Å². The molecule has 2 N–H and O–H groups in total. The highest BCUT2D eigenvalue weighted by atomic mass is 32.2. The molecule has 3 rings (SSSR count). The summed E-state index contributed by atoms with van der Waals surface area (Å²) in [6.07, 6.45) is 0.0893. The number of thioether (sulfide) groups is 1. The Bertz CT molecular complexity index is 832. The van der Waals surface area contributed by atoms with E-state index in [4.69, 9.17) is 4.74 Å². The lowest BCUT2D eigenvalue weighted by molar-refractivity contribution is -0.122. The van der Waals surface area contributed by atoms with Crippen LogP contribution in [0.2, 0.25) is 0 Å². The van der Waals surface area contributed by atoms with Crippen LogP contribution in [0.15, 0.2) is 53.5 Å². The van der Waals surface area contributed by atoms with Gasteiger partial charge in [-0.2, -0.15) is 0 Å². The molecule has 0 aromatic heterocycles. The lowest BCUT2D eigenvalue weighted by Gasteiger charge is -2.07. The number of hydrogen-bond donors (Lipinski definition) is 2. The predicted octanol–water partition coefficient (Wildman–Crippen LogP) is 3.25. The van der Waals surface area contributed by atoms with E-state index in [1.165, 1.54) is 11.8 Å². The summed E-state index contributed by atoms with van der Waals surface area (Å²) in [5.41, 5.74) is 2.54. The summed E-state index contributed by atoms with van der Waals surface area (Å²) in [6, 6.07) is 14.7. The van der Waals surface area contributed by atoms with Crippen LogP contribution in [0, 0.1) is 6.92 Å². The van der Waals surface area contributed by atoms with E-state index in [1.807, 2.05) is 31.2 Å². The molecule has 0 bridgehead atoms. The van der Waals surface area contributed by atoms with E-state index in [2.05, 4.69) is 15.6 Å². The van der Waals surface area contributed by atoms with Crippen molar-refractivity contribution in [2.45, 2.75) is 18.6 Å². The minimum absolute atomic E-state index is 0.0893. The summed E-state index contributed by atoms with van der Waals surface area (Å²) in [4.78, 5) is 28.7. The van der Waals surface area contributed by atoms with Crippen LogP contribution in [0.25, 0.3) is 0 Å². The number of anilines is 1. The molecule has 134 valence electrons. The third-order valence-corrected chi connectivity index (χ3v) is 4.87. The van der Waals surface area contributed by atoms with Gasteiger partial charge in [0.05, 0.1) is 12.8 Å². The number of hydrogen-bond acceptors (Lipinski definition) is 5. The van der Waals surface area contributed by atoms with Crippen LogP contribution >= 0.6 is 11.8 Å². The highest BCUT2D eigenvalue weighted by Gasteiger charge is 2.32. The van der Waals surface area contributed by atoms with Gasteiger partial charge >= 0.3 is 0 Å². The van der Waals surface area contributed by atoms with Crippen LogP contribution < -0.4 is 15.4 Å². The molecule has 1 atom stereocenters. The molecule has 1 heterocycles. The smallest absolute Gasteiger partial charge is 0.240 e. The van der Waals surface area contributed by atoms with Gasteiger partial charge in [0, 0.05) is 12.1 Å². The van der Waals surface area contributed by atoms with Crippen molar-refractivity contribution < 1.29 is 14.3 Å². The van der Waals surface area contributed by atoms with Gasteiger partial charge in [-0.05, 0) is 43.3 Å². The maximum Gasteiger partial charge on any atom is 0.240 e. The summed E-state index contributed by atoms with van der Waals surface area (Å²) in [5.74, 6) is 0.330. The Morgan fingerprint density at radius 2 is 1.88 bits per heavy atom. The molecule has 0 spiro atoms. The molecular weight excluding hydrogens is 350 g/mol. The van der Waals surface area contributed by atoms with Crippen molar-refractivity contribution in [2.24, 2.45) is 4.99 Å². The van der Waals surface area contributed by atoms with Crippen molar-refractivity contribution in [3.8, 4) is 5.75 Å². The number of methoxy groups -OCH3 is 1. The first-order valence-corrected chi connectivity index (χ1v) is 8.98. The zero-order valence-corrected chi connectivity index (χ0v) is 15.3. The molecule has 2 aromatic rings. The van der Waals surface area contributed by atoms with Crippen molar-refractivity contribution in [3.63, 3.8) is 0 Å². The number of amidine groups is 1. The first-order chi connectivity index (χ1) is 12.5. The number of ether oxygens (including phenoxy) is 1. The van der Waals surface area contributed by atoms with Gasteiger partial charge in [-0.15, -0.1) is 0 Å². The highest BCUT2D eigenvalue weighted by molar-refractivity contribution is 8.15. The number of rotatable bonds is 5. The molecule has 0 radical (unpaired) electrons. The van der Waals surface area contributed by atoms with Crippen molar-refractivity contribution in [2.75, 3.05) is 12.4 Å². The molecule has 7 heteroatoms.